The zero-order valence-electron chi connectivity index (χ0n) is 36.5. The lowest BCUT2D eigenvalue weighted by Crippen LogP contribution is -2.63. The molecule has 16 nitrogen and oxygen atoms in total. The topological polar surface area (TPSA) is 194 Å². The van der Waals surface area contributed by atoms with Gasteiger partial charge in [0.25, 0.3) is 0 Å². The largest absolute Gasteiger partial charge is 0.457 e. The summed E-state index contributed by atoms with van der Waals surface area (Å²) in [6.07, 6.45) is -1.31. The number of rotatable bonds is 11. The van der Waals surface area contributed by atoms with E-state index in [0.29, 0.717) is 25.8 Å². The lowest BCUT2D eigenvalue weighted by Gasteiger charge is -2.46. The highest BCUT2D eigenvalue weighted by Gasteiger charge is 2.59. The number of aromatic nitrogens is 2. The van der Waals surface area contributed by atoms with Crippen LogP contribution in [0.4, 0.5) is 4.79 Å². The molecule has 3 saturated heterocycles. The average Bonchev–Trinajstić information content (AvgIpc) is 3.78. The number of aliphatic hydroxyl groups is 1. The standard InChI is InChI=1S/C43H66N6O10/c1-12-32-43(8)36(49(41(54)59-43)45-20-16-19-33-44-23-30(47-33)29-17-14-13-15-18-29)28(6)46-38(52)24(2)22-42(7,55-11)37(26(4)34(50)27(5)39(53)57-32)58-40-35(51)31(48(9)10)21-25(3)56-40/h13-15,17-18,23-28,31-32,35-37,40,45,51H,12,16,19-22H2,1-11H3,(H,44,47)(H,46,52)/t24-,25-,26+,27-,28?,31+,32-,35-,36-,37-,40+,42+,43-/m1/s1. The quantitative estimate of drug-likeness (QED) is 0.144. The molecule has 0 bridgehead atoms. The first-order valence-electron chi connectivity index (χ1n) is 20.9. The highest BCUT2D eigenvalue weighted by Crippen LogP contribution is 2.39. The van der Waals surface area contributed by atoms with E-state index in [1.807, 2.05) is 56.3 Å². The van der Waals surface area contributed by atoms with Crippen molar-refractivity contribution < 1.29 is 48.0 Å². The van der Waals surface area contributed by atoms with Crippen LogP contribution in [0.2, 0.25) is 0 Å². The van der Waals surface area contributed by atoms with E-state index < -0.39 is 83.5 Å². The molecule has 3 aliphatic rings. The zero-order chi connectivity index (χ0) is 43.4. The van der Waals surface area contributed by atoms with E-state index in [1.165, 1.54) is 19.0 Å². The number of nitrogens with zero attached hydrogens (tertiary/aromatic N) is 3. The predicted molar refractivity (Wildman–Crippen MR) is 218 cm³/mol. The van der Waals surface area contributed by atoms with Crippen LogP contribution in [-0.2, 0) is 44.5 Å². The molecule has 1 aromatic carbocycles. The number of amides is 2. The molecule has 0 spiro atoms. The van der Waals surface area contributed by atoms with E-state index in [2.05, 4.69) is 20.7 Å². The molecule has 3 aliphatic heterocycles. The number of carbonyl (C=O) groups excluding carboxylic acids is 4. The molecule has 2 amide bonds. The Labute approximate surface area is 348 Å². The van der Waals surface area contributed by atoms with Crippen molar-refractivity contribution in [1.29, 1.82) is 0 Å². The highest BCUT2D eigenvalue weighted by molar-refractivity contribution is 6.00. The molecule has 1 aromatic heterocycles. The number of Topliss-reactive ketones (excluding diaryl/α,β-unsaturated/α-hetero) is 1. The minimum absolute atomic E-state index is 0.0916. The van der Waals surface area contributed by atoms with Gasteiger partial charge in [-0.25, -0.2) is 20.2 Å². The normalized spacial score (nSPS) is 36.4. The second-order valence-electron chi connectivity index (χ2n) is 17.3. The maximum absolute atomic E-state index is 14.4. The maximum Gasteiger partial charge on any atom is 0.425 e. The smallest absolute Gasteiger partial charge is 0.425 e. The third-order valence-electron chi connectivity index (χ3n) is 12.5. The number of fused-ring (bicyclic) bond motifs is 1. The van der Waals surface area contributed by atoms with E-state index in [9.17, 15) is 24.3 Å². The number of methoxy groups -OCH3 is 1. The van der Waals surface area contributed by atoms with Gasteiger partial charge in [0.2, 0.25) is 5.91 Å². The van der Waals surface area contributed by atoms with Crippen LogP contribution in [0.5, 0.6) is 0 Å². The Bertz CT molecular complexity index is 1760. The Morgan fingerprint density at radius 1 is 1.07 bits per heavy atom. The van der Waals surface area contributed by atoms with Crippen molar-refractivity contribution in [3.8, 4) is 11.3 Å². The molecule has 0 saturated carbocycles. The summed E-state index contributed by atoms with van der Waals surface area (Å²) in [5.74, 6) is -3.75. The van der Waals surface area contributed by atoms with E-state index >= 15 is 0 Å². The van der Waals surface area contributed by atoms with Gasteiger partial charge in [-0.15, -0.1) is 0 Å². The molecule has 3 fully saturated rings. The third kappa shape index (κ3) is 10.0. The van der Waals surface area contributed by atoms with Crippen LogP contribution in [0.15, 0.2) is 36.5 Å². The van der Waals surface area contributed by atoms with Crippen LogP contribution in [-0.4, -0.2) is 137 Å². The van der Waals surface area contributed by atoms with Gasteiger partial charge in [-0.1, -0.05) is 51.1 Å². The number of aryl methyl sites for hydroxylation is 1. The van der Waals surface area contributed by atoms with Crippen molar-refractivity contribution in [2.24, 2.45) is 17.8 Å². The number of ether oxygens (including phenoxy) is 5. The molecule has 59 heavy (non-hydrogen) atoms. The number of carbonyl (C=O) groups is 4. The first-order chi connectivity index (χ1) is 27.8. The molecule has 5 rings (SSSR count). The number of hydrazine groups is 1. The van der Waals surface area contributed by atoms with Gasteiger partial charge >= 0.3 is 12.1 Å². The van der Waals surface area contributed by atoms with Gasteiger partial charge in [0, 0.05) is 38.0 Å². The van der Waals surface area contributed by atoms with Gasteiger partial charge in [-0.05, 0) is 80.0 Å². The third-order valence-corrected chi connectivity index (χ3v) is 12.5. The van der Waals surface area contributed by atoms with Crippen LogP contribution in [0.3, 0.4) is 0 Å². The number of benzene rings is 1. The van der Waals surface area contributed by atoms with E-state index in [-0.39, 0.29) is 30.9 Å². The molecule has 4 N–H and O–H groups in total. The molecule has 328 valence electrons. The molecule has 0 aliphatic carbocycles. The Morgan fingerprint density at radius 2 is 1.76 bits per heavy atom. The number of aromatic amines is 1. The minimum Gasteiger partial charge on any atom is -0.457 e. The molecule has 0 radical (unpaired) electrons. The summed E-state index contributed by atoms with van der Waals surface area (Å²) in [7, 11) is 5.21. The van der Waals surface area contributed by atoms with Gasteiger partial charge < -0.3 is 44.0 Å². The average molecular weight is 827 g/mol. The Hall–Kier alpha value is -3.93. The lowest BCUT2D eigenvalue weighted by atomic mass is 9.78. The van der Waals surface area contributed by atoms with E-state index in [0.717, 1.165) is 17.1 Å². The van der Waals surface area contributed by atoms with Crippen molar-refractivity contribution in [2.45, 2.75) is 148 Å². The van der Waals surface area contributed by atoms with Crippen molar-refractivity contribution in [2.75, 3.05) is 27.7 Å². The summed E-state index contributed by atoms with van der Waals surface area (Å²) in [5, 5.41) is 15.9. The number of hydrogen-bond acceptors (Lipinski definition) is 13. The Kier molecular flexibility index (Phi) is 15.0. The van der Waals surface area contributed by atoms with Gasteiger partial charge in [-0.2, -0.15) is 0 Å². The molecular weight excluding hydrogens is 761 g/mol. The van der Waals surface area contributed by atoms with E-state index in [1.54, 1.807) is 47.7 Å². The lowest BCUT2D eigenvalue weighted by molar-refractivity contribution is -0.295. The summed E-state index contributed by atoms with van der Waals surface area (Å²) in [6.45, 7) is 14.2. The number of esters is 1. The van der Waals surface area contributed by atoms with Crippen LogP contribution in [0.1, 0.15) is 86.9 Å². The van der Waals surface area contributed by atoms with Crippen LogP contribution >= 0.6 is 0 Å². The summed E-state index contributed by atoms with van der Waals surface area (Å²) in [5.41, 5.74) is 2.44. The number of aliphatic hydroxyl groups excluding tert-OH is 1. The van der Waals surface area contributed by atoms with Gasteiger partial charge in [0.05, 0.1) is 35.7 Å². The fraction of sp³-hybridized carbons (Fsp3) is 0.698. The fourth-order valence-electron chi connectivity index (χ4n) is 9.08. The first-order valence-corrected chi connectivity index (χ1v) is 20.9. The van der Waals surface area contributed by atoms with Crippen molar-refractivity contribution in [1.82, 2.24) is 30.6 Å². The van der Waals surface area contributed by atoms with Gasteiger partial charge in [-0.3, -0.25) is 14.4 Å². The number of ketones is 1. The van der Waals surface area contributed by atoms with Crippen LogP contribution < -0.4 is 10.7 Å². The van der Waals surface area contributed by atoms with Crippen molar-refractivity contribution in [3.63, 3.8) is 0 Å². The molecule has 13 atom stereocenters. The number of imidazole rings is 1. The first kappa shape index (κ1) is 46.1. The summed E-state index contributed by atoms with van der Waals surface area (Å²) < 4.78 is 31.1. The van der Waals surface area contributed by atoms with Gasteiger partial charge in [0.15, 0.2) is 17.7 Å². The molecule has 1 unspecified atom stereocenters. The fourth-order valence-corrected chi connectivity index (χ4v) is 9.08. The van der Waals surface area contributed by atoms with Crippen LogP contribution in [0.25, 0.3) is 11.3 Å². The summed E-state index contributed by atoms with van der Waals surface area (Å²) in [6, 6.07) is 8.06. The van der Waals surface area contributed by atoms with Crippen LogP contribution in [0, 0.1) is 17.8 Å². The molecule has 2 aromatic rings. The second kappa shape index (κ2) is 19.2. The minimum atomic E-state index is -1.44. The molecular formula is C43H66N6O10. The summed E-state index contributed by atoms with van der Waals surface area (Å²) >= 11 is 0. The molecule has 4 heterocycles. The second-order valence-corrected chi connectivity index (χ2v) is 17.3. The number of hydrogen-bond donors (Lipinski definition) is 4. The maximum atomic E-state index is 14.4. The highest BCUT2D eigenvalue weighted by atomic mass is 16.7. The zero-order valence-corrected chi connectivity index (χ0v) is 36.5. The number of likely N-dealkylation sites (N-methyl/N-ethyl adjacent to an activating group) is 1. The van der Waals surface area contributed by atoms with Crippen molar-refractivity contribution in [3.05, 3.63) is 42.4 Å². The SMILES string of the molecule is CC[C@H]1OC(=O)[C@H](C)C(=O)[C@H](C)[C@@H](O[C@@H]2O[C@H](C)C[C@H](N(C)C)[C@H]2O)[C@@](C)(OC)C[C@@H](C)C(=O)NC(C)[C@H]2N(NCCCc3ncc(-c4ccccc4)[nH]3)C(=O)O[C@]12C. The monoisotopic (exact) mass is 826 g/mol. The number of H-pyrrole nitrogens is 1. The molecule has 16 heteroatoms. The van der Waals surface area contributed by atoms with E-state index in [4.69, 9.17) is 23.7 Å². The summed E-state index contributed by atoms with van der Waals surface area (Å²) in [4.78, 5) is 66.1. The van der Waals surface area contributed by atoms with Gasteiger partial charge in [0.1, 0.15) is 30.0 Å². The predicted octanol–water partition coefficient (Wildman–Crippen LogP) is 4.02. The Morgan fingerprint density at radius 3 is 2.41 bits per heavy atom. The van der Waals surface area contributed by atoms with Crippen molar-refractivity contribution >= 4 is 23.8 Å². The number of nitrogens with one attached hydrogen (secondary N) is 3. The Balaban J connectivity index is 1.41. The number of cyclic esters (lactones) is 1.